The normalized spacial score (nSPS) is 11.7. The van der Waals surface area contributed by atoms with Crippen molar-refractivity contribution in [2.45, 2.75) is 39.2 Å². The van der Waals surface area contributed by atoms with Gasteiger partial charge in [0, 0.05) is 11.7 Å². The number of para-hydroxylation sites is 1. The van der Waals surface area contributed by atoms with E-state index in [9.17, 15) is 9.59 Å². The molecule has 5 nitrogen and oxygen atoms in total. The SMILES string of the molecule is CCc1ccccc1NC(=O)NC(CC)CC(=O)O. The Balaban J connectivity index is 2.61. The van der Waals surface area contributed by atoms with Crippen LogP contribution in [0, 0.1) is 0 Å². The van der Waals surface area contributed by atoms with Crippen LogP contribution < -0.4 is 10.6 Å². The molecule has 0 saturated heterocycles. The third-order valence-corrected chi connectivity index (χ3v) is 2.90. The molecule has 0 bridgehead atoms. The van der Waals surface area contributed by atoms with Crippen LogP contribution in [0.15, 0.2) is 24.3 Å². The number of aryl methyl sites for hydroxylation is 1. The van der Waals surface area contributed by atoms with Crippen LogP contribution in [0.5, 0.6) is 0 Å². The molecule has 0 fully saturated rings. The quantitative estimate of drug-likeness (QED) is 0.739. The molecule has 1 rings (SSSR count). The van der Waals surface area contributed by atoms with Crippen LogP contribution in [-0.4, -0.2) is 23.1 Å². The van der Waals surface area contributed by atoms with Gasteiger partial charge in [-0.05, 0) is 24.5 Å². The Morgan fingerprint density at radius 2 is 1.95 bits per heavy atom. The van der Waals surface area contributed by atoms with Gasteiger partial charge in [0.1, 0.15) is 0 Å². The molecule has 3 N–H and O–H groups in total. The molecule has 0 aliphatic heterocycles. The molecule has 1 aromatic rings. The van der Waals surface area contributed by atoms with Gasteiger partial charge in [-0.25, -0.2) is 4.79 Å². The topological polar surface area (TPSA) is 78.4 Å². The summed E-state index contributed by atoms with van der Waals surface area (Å²) in [4.78, 5) is 22.5. The molecule has 0 spiro atoms. The summed E-state index contributed by atoms with van der Waals surface area (Å²) in [7, 11) is 0. The molecule has 0 heterocycles. The Morgan fingerprint density at radius 3 is 2.53 bits per heavy atom. The standard InChI is InChI=1S/C14H20N2O3/c1-3-10-7-5-6-8-12(10)16-14(19)15-11(4-2)9-13(17)18/h5-8,11H,3-4,9H2,1-2H3,(H,17,18)(H2,15,16,19). The third-order valence-electron chi connectivity index (χ3n) is 2.90. The maximum Gasteiger partial charge on any atom is 0.319 e. The van der Waals surface area contributed by atoms with E-state index < -0.39 is 5.97 Å². The molecule has 0 aliphatic rings. The Labute approximate surface area is 113 Å². The molecule has 0 aliphatic carbocycles. The molecule has 1 aromatic carbocycles. The number of anilines is 1. The zero-order valence-electron chi connectivity index (χ0n) is 11.3. The van der Waals surface area contributed by atoms with E-state index in [0.717, 1.165) is 17.7 Å². The summed E-state index contributed by atoms with van der Waals surface area (Å²) in [5, 5.41) is 14.2. The number of amides is 2. The predicted molar refractivity (Wildman–Crippen MR) is 74.3 cm³/mol. The summed E-state index contributed by atoms with van der Waals surface area (Å²) in [5.74, 6) is -0.916. The van der Waals surface area contributed by atoms with Crippen molar-refractivity contribution in [1.29, 1.82) is 0 Å². The first kappa shape index (κ1) is 15.0. The van der Waals surface area contributed by atoms with Gasteiger partial charge in [-0.2, -0.15) is 0 Å². The fraction of sp³-hybridized carbons (Fsp3) is 0.429. The van der Waals surface area contributed by atoms with Crippen molar-refractivity contribution in [1.82, 2.24) is 5.32 Å². The van der Waals surface area contributed by atoms with Crippen LogP contribution in [-0.2, 0) is 11.2 Å². The number of aliphatic carboxylic acids is 1. The largest absolute Gasteiger partial charge is 0.481 e. The Kier molecular flexibility index (Phi) is 5.85. The number of carbonyl (C=O) groups excluding carboxylic acids is 1. The number of nitrogens with one attached hydrogen (secondary N) is 2. The highest BCUT2D eigenvalue weighted by atomic mass is 16.4. The first-order chi connectivity index (χ1) is 9.06. The highest BCUT2D eigenvalue weighted by molar-refractivity contribution is 5.90. The minimum atomic E-state index is -0.916. The monoisotopic (exact) mass is 264 g/mol. The molecule has 104 valence electrons. The molecule has 19 heavy (non-hydrogen) atoms. The van der Waals surface area contributed by atoms with Gasteiger partial charge < -0.3 is 15.7 Å². The number of rotatable bonds is 6. The van der Waals surface area contributed by atoms with Gasteiger partial charge in [0.15, 0.2) is 0 Å². The average molecular weight is 264 g/mol. The van der Waals surface area contributed by atoms with Crippen LogP contribution in [0.3, 0.4) is 0 Å². The van der Waals surface area contributed by atoms with Crippen molar-refractivity contribution in [3.63, 3.8) is 0 Å². The highest BCUT2D eigenvalue weighted by Crippen LogP contribution is 2.15. The highest BCUT2D eigenvalue weighted by Gasteiger charge is 2.14. The number of urea groups is 1. The van der Waals surface area contributed by atoms with Gasteiger partial charge in [-0.3, -0.25) is 4.79 Å². The second-order valence-corrected chi connectivity index (χ2v) is 4.31. The van der Waals surface area contributed by atoms with Crippen molar-refractivity contribution in [2.24, 2.45) is 0 Å². The lowest BCUT2D eigenvalue weighted by Crippen LogP contribution is -2.39. The number of carboxylic acid groups (broad SMARTS) is 1. The van der Waals surface area contributed by atoms with Gasteiger partial charge in [0.05, 0.1) is 6.42 Å². The van der Waals surface area contributed by atoms with Crippen LogP contribution in [0.25, 0.3) is 0 Å². The first-order valence-electron chi connectivity index (χ1n) is 6.44. The third kappa shape index (κ3) is 4.99. The van der Waals surface area contributed by atoms with Crippen molar-refractivity contribution >= 4 is 17.7 Å². The number of hydrogen-bond acceptors (Lipinski definition) is 2. The lowest BCUT2D eigenvalue weighted by Gasteiger charge is -2.16. The number of benzene rings is 1. The molecular weight excluding hydrogens is 244 g/mol. The summed E-state index contributed by atoms with van der Waals surface area (Å²) >= 11 is 0. The van der Waals surface area contributed by atoms with Crippen LogP contribution >= 0.6 is 0 Å². The molecule has 1 unspecified atom stereocenters. The van der Waals surface area contributed by atoms with Crippen molar-refractivity contribution in [2.75, 3.05) is 5.32 Å². The summed E-state index contributed by atoms with van der Waals surface area (Å²) in [6.07, 6.45) is 1.33. The van der Waals surface area contributed by atoms with E-state index >= 15 is 0 Å². The summed E-state index contributed by atoms with van der Waals surface area (Å²) in [5.41, 5.74) is 1.80. The number of hydrogen-bond donors (Lipinski definition) is 3. The second kappa shape index (κ2) is 7.41. The summed E-state index contributed by atoms with van der Waals surface area (Å²) in [6.45, 7) is 3.85. The van der Waals surface area contributed by atoms with E-state index in [-0.39, 0.29) is 18.5 Å². The first-order valence-corrected chi connectivity index (χ1v) is 6.44. The fourth-order valence-electron chi connectivity index (χ4n) is 1.80. The molecular formula is C14H20N2O3. The van der Waals surface area contributed by atoms with E-state index in [0.29, 0.717) is 6.42 Å². The summed E-state index contributed by atoms with van der Waals surface area (Å²) < 4.78 is 0. The van der Waals surface area contributed by atoms with Gasteiger partial charge in [0.25, 0.3) is 0 Å². The van der Waals surface area contributed by atoms with E-state index in [2.05, 4.69) is 10.6 Å². The minimum Gasteiger partial charge on any atom is -0.481 e. The van der Waals surface area contributed by atoms with Crippen LogP contribution in [0.2, 0.25) is 0 Å². The summed E-state index contributed by atoms with van der Waals surface area (Å²) in [6, 6.07) is 6.82. The van der Waals surface area contributed by atoms with Gasteiger partial charge in [-0.15, -0.1) is 0 Å². The molecule has 0 aromatic heterocycles. The predicted octanol–water partition coefficient (Wildman–Crippen LogP) is 2.62. The molecule has 5 heteroatoms. The molecule has 1 atom stereocenters. The Morgan fingerprint density at radius 1 is 1.26 bits per heavy atom. The van der Waals surface area contributed by atoms with Crippen LogP contribution in [0.4, 0.5) is 10.5 Å². The maximum absolute atomic E-state index is 11.8. The fourth-order valence-corrected chi connectivity index (χ4v) is 1.80. The second-order valence-electron chi connectivity index (χ2n) is 4.31. The lowest BCUT2D eigenvalue weighted by molar-refractivity contribution is -0.137. The van der Waals surface area contributed by atoms with Gasteiger partial charge in [0.2, 0.25) is 0 Å². The Hall–Kier alpha value is -2.04. The van der Waals surface area contributed by atoms with E-state index in [1.807, 2.05) is 38.1 Å². The molecule has 0 saturated carbocycles. The number of carbonyl (C=O) groups is 2. The molecule has 0 radical (unpaired) electrons. The van der Waals surface area contributed by atoms with E-state index in [1.165, 1.54) is 0 Å². The minimum absolute atomic E-state index is 0.0701. The zero-order valence-corrected chi connectivity index (χ0v) is 11.3. The zero-order chi connectivity index (χ0) is 14.3. The van der Waals surface area contributed by atoms with E-state index in [4.69, 9.17) is 5.11 Å². The maximum atomic E-state index is 11.8. The van der Waals surface area contributed by atoms with Crippen LogP contribution in [0.1, 0.15) is 32.3 Å². The van der Waals surface area contributed by atoms with Gasteiger partial charge in [-0.1, -0.05) is 32.0 Å². The Bertz CT molecular complexity index is 446. The van der Waals surface area contributed by atoms with Crippen molar-refractivity contribution in [3.8, 4) is 0 Å². The number of carboxylic acids is 1. The van der Waals surface area contributed by atoms with Crippen molar-refractivity contribution in [3.05, 3.63) is 29.8 Å². The lowest BCUT2D eigenvalue weighted by atomic mass is 10.1. The average Bonchev–Trinajstić information content (AvgIpc) is 2.38. The van der Waals surface area contributed by atoms with Gasteiger partial charge >= 0.3 is 12.0 Å². The van der Waals surface area contributed by atoms with Crippen molar-refractivity contribution < 1.29 is 14.7 Å². The van der Waals surface area contributed by atoms with E-state index in [1.54, 1.807) is 0 Å². The smallest absolute Gasteiger partial charge is 0.319 e. The molecule has 2 amide bonds.